The second kappa shape index (κ2) is 8.85. The van der Waals surface area contributed by atoms with Gasteiger partial charge in [0.1, 0.15) is 11.8 Å². The van der Waals surface area contributed by atoms with Crippen molar-refractivity contribution in [3.05, 3.63) is 70.9 Å². The zero-order chi connectivity index (χ0) is 22.0. The minimum Gasteiger partial charge on any atom is -0.496 e. The number of aromatic nitrogens is 3. The first-order chi connectivity index (χ1) is 15.0. The molecule has 1 amide bonds. The number of amides is 1. The van der Waals surface area contributed by atoms with E-state index in [9.17, 15) is 4.79 Å². The van der Waals surface area contributed by atoms with E-state index in [1.165, 1.54) is 0 Å². The molecule has 0 fully saturated rings. The van der Waals surface area contributed by atoms with Gasteiger partial charge in [0.05, 0.1) is 12.7 Å². The van der Waals surface area contributed by atoms with Gasteiger partial charge in [0.15, 0.2) is 0 Å². The minimum atomic E-state index is -0.476. The summed E-state index contributed by atoms with van der Waals surface area (Å²) in [4.78, 5) is 18.1. The Hall–Kier alpha value is -3.26. The number of hydrogen-bond acceptors (Lipinski definition) is 6. The van der Waals surface area contributed by atoms with Crippen LogP contribution in [-0.2, 0) is 4.79 Å². The minimum absolute atomic E-state index is 0.197. The van der Waals surface area contributed by atoms with Gasteiger partial charge < -0.3 is 15.4 Å². The van der Waals surface area contributed by atoms with E-state index in [-0.39, 0.29) is 5.91 Å². The topological polar surface area (TPSA) is 81.1 Å². The number of para-hydroxylation sites is 1. The van der Waals surface area contributed by atoms with Crippen molar-refractivity contribution < 1.29 is 9.53 Å². The Bertz CT molecular complexity index is 1150. The van der Waals surface area contributed by atoms with Gasteiger partial charge in [-0.1, -0.05) is 49.0 Å². The number of nitrogens with zero attached hydrogens (tertiary/aromatic N) is 3. The summed E-state index contributed by atoms with van der Waals surface area (Å²) in [6.45, 7) is 5.94. The fourth-order valence-corrected chi connectivity index (χ4v) is 4.27. The maximum atomic E-state index is 13.5. The SMILES string of the molecule is CCSc1nc2n(n1)C(c1ccccc1OC)C(C(=O)Nc1cccc(C)c1)=C(C)N2. The van der Waals surface area contributed by atoms with E-state index in [1.54, 1.807) is 23.6 Å². The molecule has 1 aliphatic heterocycles. The number of aryl methyl sites for hydroxylation is 1. The maximum absolute atomic E-state index is 13.5. The van der Waals surface area contributed by atoms with Crippen LogP contribution in [-0.4, -0.2) is 33.5 Å². The molecule has 0 bridgehead atoms. The standard InChI is InChI=1S/C23H25N5O2S/c1-5-31-23-26-22-24-15(3)19(21(29)25-16-10-8-9-14(2)13-16)20(28(22)27-23)17-11-6-7-12-18(17)30-4/h6-13,20H,5H2,1-4H3,(H,25,29)(H,24,26,27). The van der Waals surface area contributed by atoms with Gasteiger partial charge in [0, 0.05) is 16.9 Å². The summed E-state index contributed by atoms with van der Waals surface area (Å²) in [5, 5.41) is 11.7. The number of benzene rings is 2. The van der Waals surface area contributed by atoms with Gasteiger partial charge >= 0.3 is 0 Å². The van der Waals surface area contributed by atoms with Crippen LogP contribution in [0.1, 0.15) is 31.0 Å². The number of carbonyl (C=O) groups is 1. The van der Waals surface area contributed by atoms with Crippen molar-refractivity contribution in [2.75, 3.05) is 23.5 Å². The molecule has 0 saturated heterocycles. The molecular formula is C23H25N5O2S. The van der Waals surface area contributed by atoms with Crippen LogP contribution >= 0.6 is 11.8 Å². The van der Waals surface area contributed by atoms with Crippen LogP contribution in [0.2, 0.25) is 0 Å². The number of methoxy groups -OCH3 is 1. The van der Waals surface area contributed by atoms with E-state index in [0.29, 0.717) is 22.4 Å². The second-order valence-electron chi connectivity index (χ2n) is 7.23. The van der Waals surface area contributed by atoms with Crippen LogP contribution in [0.3, 0.4) is 0 Å². The average Bonchev–Trinajstić information content (AvgIpc) is 3.14. The van der Waals surface area contributed by atoms with Crippen molar-refractivity contribution in [1.29, 1.82) is 0 Å². The first-order valence-corrected chi connectivity index (χ1v) is 11.1. The predicted molar refractivity (Wildman–Crippen MR) is 124 cm³/mol. The molecule has 4 rings (SSSR count). The molecule has 1 aliphatic rings. The molecule has 1 aromatic heterocycles. The number of rotatable bonds is 6. The average molecular weight is 436 g/mol. The van der Waals surface area contributed by atoms with Crippen molar-refractivity contribution in [1.82, 2.24) is 14.8 Å². The molecule has 1 unspecified atom stereocenters. The number of hydrogen-bond donors (Lipinski definition) is 2. The number of anilines is 2. The molecule has 160 valence electrons. The van der Waals surface area contributed by atoms with Crippen LogP contribution in [0.5, 0.6) is 5.75 Å². The van der Waals surface area contributed by atoms with E-state index < -0.39 is 6.04 Å². The van der Waals surface area contributed by atoms with Crippen LogP contribution < -0.4 is 15.4 Å². The Morgan fingerprint density at radius 3 is 2.77 bits per heavy atom. The summed E-state index contributed by atoms with van der Waals surface area (Å²) in [5.41, 5.74) is 3.96. The highest BCUT2D eigenvalue weighted by molar-refractivity contribution is 7.99. The number of ether oxygens (including phenoxy) is 1. The van der Waals surface area contributed by atoms with Gasteiger partial charge in [-0.05, 0) is 43.4 Å². The molecular weight excluding hydrogens is 410 g/mol. The summed E-state index contributed by atoms with van der Waals surface area (Å²) >= 11 is 1.56. The highest BCUT2D eigenvalue weighted by Crippen LogP contribution is 2.40. The van der Waals surface area contributed by atoms with Gasteiger partial charge in [-0.3, -0.25) is 4.79 Å². The lowest BCUT2D eigenvalue weighted by atomic mass is 9.94. The van der Waals surface area contributed by atoms with Gasteiger partial charge in [-0.15, -0.1) is 5.10 Å². The number of carbonyl (C=O) groups excluding carboxylic acids is 1. The van der Waals surface area contributed by atoms with Crippen molar-refractivity contribution in [3.63, 3.8) is 0 Å². The molecule has 7 nitrogen and oxygen atoms in total. The van der Waals surface area contributed by atoms with E-state index in [0.717, 1.165) is 28.3 Å². The third kappa shape index (κ3) is 4.16. The molecule has 1 atom stereocenters. The van der Waals surface area contributed by atoms with Crippen molar-refractivity contribution in [2.45, 2.75) is 32.0 Å². The fourth-order valence-electron chi connectivity index (χ4n) is 3.72. The largest absolute Gasteiger partial charge is 0.496 e. The third-order valence-electron chi connectivity index (χ3n) is 5.06. The molecule has 0 saturated carbocycles. The molecule has 0 aliphatic carbocycles. The molecule has 8 heteroatoms. The normalized spacial score (nSPS) is 15.3. The second-order valence-corrected chi connectivity index (χ2v) is 8.46. The Morgan fingerprint density at radius 1 is 1.23 bits per heavy atom. The molecule has 0 spiro atoms. The monoisotopic (exact) mass is 435 g/mol. The highest BCUT2D eigenvalue weighted by Gasteiger charge is 2.35. The molecule has 31 heavy (non-hydrogen) atoms. The zero-order valence-electron chi connectivity index (χ0n) is 18.0. The Labute approximate surface area is 185 Å². The van der Waals surface area contributed by atoms with E-state index in [2.05, 4.69) is 22.5 Å². The summed E-state index contributed by atoms with van der Waals surface area (Å²) in [5.74, 6) is 1.96. The Balaban J connectivity index is 1.81. The van der Waals surface area contributed by atoms with E-state index in [4.69, 9.17) is 9.84 Å². The zero-order valence-corrected chi connectivity index (χ0v) is 18.8. The van der Waals surface area contributed by atoms with Gasteiger partial charge in [-0.25, -0.2) is 4.68 Å². The lowest BCUT2D eigenvalue weighted by Crippen LogP contribution is -2.31. The maximum Gasteiger partial charge on any atom is 0.255 e. The molecule has 2 aromatic carbocycles. The van der Waals surface area contributed by atoms with Crippen LogP contribution in [0.4, 0.5) is 11.6 Å². The molecule has 2 heterocycles. The first-order valence-electron chi connectivity index (χ1n) is 10.1. The van der Waals surface area contributed by atoms with Crippen LogP contribution in [0, 0.1) is 6.92 Å². The molecule has 3 aromatic rings. The first kappa shape index (κ1) is 21.0. The quantitative estimate of drug-likeness (QED) is 0.549. The molecule has 2 N–H and O–H groups in total. The lowest BCUT2D eigenvalue weighted by molar-refractivity contribution is -0.113. The fraction of sp³-hybridized carbons (Fsp3) is 0.261. The summed E-state index contributed by atoms with van der Waals surface area (Å²) in [7, 11) is 1.63. The Morgan fingerprint density at radius 2 is 2.03 bits per heavy atom. The van der Waals surface area contributed by atoms with Crippen LogP contribution in [0.15, 0.2) is 65.0 Å². The van der Waals surface area contributed by atoms with Gasteiger partial charge in [0.2, 0.25) is 11.1 Å². The smallest absolute Gasteiger partial charge is 0.255 e. The van der Waals surface area contributed by atoms with Gasteiger partial charge in [0.25, 0.3) is 5.91 Å². The summed E-state index contributed by atoms with van der Waals surface area (Å²) < 4.78 is 7.40. The number of thioether (sulfide) groups is 1. The van der Waals surface area contributed by atoms with E-state index >= 15 is 0 Å². The van der Waals surface area contributed by atoms with Crippen molar-refractivity contribution in [2.24, 2.45) is 0 Å². The molecule has 0 radical (unpaired) electrons. The number of nitrogens with one attached hydrogen (secondary N) is 2. The van der Waals surface area contributed by atoms with Crippen LogP contribution in [0.25, 0.3) is 0 Å². The van der Waals surface area contributed by atoms with Crippen molar-refractivity contribution >= 4 is 29.3 Å². The summed E-state index contributed by atoms with van der Waals surface area (Å²) in [6, 6.07) is 15.0. The van der Waals surface area contributed by atoms with Crippen molar-refractivity contribution in [3.8, 4) is 5.75 Å². The van der Waals surface area contributed by atoms with Gasteiger partial charge in [-0.2, -0.15) is 4.98 Å². The summed E-state index contributed by atoms with van der Waals surface area (Å²) in [6.07, 6.45) is 0. The van der Waals surface area contributed by atoms with E-state index in [1.807, 2.05) is 62.4 Å². The predicted octanol–water partition coefficient (Wildman–Crippen LogP) is 4.63. The third-order valence-corrected chi connectivity index (χ3v) is 5.78. The number of fused-ring (bicyclic) bond motifs is 1. The lowest BCUT2D eigenvalue weighted by Gasteiger charge is -2.29. The Kier molecular flexibility index (Phi) is 5.99. The number of allylic oxidation sites excluding steroid dienone is 1. The highest BCUT2D eigenvalue weighted by atomic mass is 32.2.